The molecule has 1 N–H and O–H groups in total. The zero-order chi connectivity index (χ0) is 14.4. The molecule has 0 bridgehead atoms. The van der Waals surface area contributed by atoms with E-state index >= 15 is 0 Å². The average Bonchev–Trinajstić information content (AvgIpc) is 3.24. The molecule has 0 atom stereocenters. The molecule has 1 heterocycles. The summed E-state index contributed by atoms with van der Waals surface area (Å²) in [6.07, 6.45) is 6.15. The van der Waals surface area contributed by atoms with Crippen molar-refractivity contribution >= 4 is 0 Å². The van der Waals surface area contributed by atoms with Crippen LogP contribution >= 0.6 is 0 Å². The van der Waals surface area contributed by atoms with E-state index in [0.29, 0.717) is 18.4 Å². The molecule has 0 aliphatic heterocycles. The van der Waals surface area contributed by atoms with Gasteiger partial charge in [-0.1, -0.05) is 13.8 Å². The molecular formula is C15H26N4O. The van der Waals surface area contributed by atoms with Crippen LogP contribution in [0.1, 0.15) is 32.4 Å². The lowest BCUT2D eigenvalue weighted by atomic mass is 10.2. The topological polar surface area (TPSA) is 50.3 Å². The number of nitrogens with zero attached hydrogens (tertiary/aromatic N) is 3. The van der Waals surface area contributed by atoms with E-state index in [1.54, 1.807) is 12.4 Å². The van der Waals surface area contributed by atoms with Crippen LogP contribution in [0.15, 0.2) is 12.4 Å². The summed E-state index contributed by atoms with van der Waals surface area (Å²) >= 11 is 0. The molecule has 0 aromatic carbocycles. The summed E-state index contributed by atoms with van der Waals surface area (Å²) in [4.78, 5) is 11.0. The Morgan fingerprint density at radius 2 is 2.15 bits per heavy atom. The fourth-order valence-electron chi connectivity index (χ4n) is 1.99. The SMILES string of the molecule is CC(C)CNCc1cnc(OCCN(C)C2CC2)cn1. The lowest BCUT2D eigenvalue weighted by Crippen LogP contribution is -2.26. The minimum atomic E-state index is 0.613. The predicted molar refractivity (Wildman–Crippen MR) is 79.7 cm³/mol. The van der Waals surface area contributed by atoms with Gasteiger partial charge in [0.2, 0.25) is 5.88 Å². The normalized spacial score (nSPS) is 15.1. The third-order valence-electron chi connectivity index (χ3n) is 3.40. The first-order valence-electron chi connectivity index (χ1n) is 7.50. The molecule has 0 amide bonds. The molecule has 1 aromatic heterocycles. The van der Waals surface area contributed by atoms with Crippen LogP contribution in [0.5, 0.6) is 5.88 Å². The highest BCUT2D eigenvalue weighted by molar-refractivity contribution is 5.07. The Bertz CT molecular complexity index is 389. The maximum Gasteiger partial charge on any atom is 0.232 e. The Hall–Kier alpha value is -1.20. The summed E-state index contributed by atoms with van der Waals surface area (Å²) in [5.74, 6) is 1.26. The fourth-order valence-corrected chi connectivity index (χ4v) is 1.99. The van der Waals surface area contributed by atoms with E-state index < -0.39 is 0 Å². The van der Waals surface area contributed by atoms with Crippen molar-refractivity contribution in [2.24, 2.45) is 5.92 Å². The second-order valence-corrected chi connectivity index (χ2v) is 5.93. The van der Waals surface area contributed by atoms with Crippen LogP contribution < -0.4 is 10.1 Å². The number of hydrogen-bond acceptors (Lipinski definition) is 5. The Balaban J connectivity index is 1.65. The monoisotopic (exact) mass is 278 g/mol. The largest absolute Gasteiger partial charge is 0.475 e. The standard InChI is InChI=1S/C15H26N4O/c1-12(2)8-16-9-13-10-18-15(11-17-13)20-7-6-19(3)14-4-5-14/h10-12,14,16H,4-9H2,1-3H3. The van der Waals surface area contributed by atoms with Crippen LogP contribution in [0.2, 0.25) is 0 Å². The molecule has 1 fully saturated rings. The number of rotatable bonds is 9. The quantitative estimate of drug-likeness (QED) is 0.745. The molecule has 0 radical (unpaired) electrons. The summed E-state index contributed by atoms with van der Waals surface area (Å²) in [6.45, 7) is 7.75. The minimum absolute atomic E-state index is 0.613. The maximum atomic E-state index is 5.62. The summed E-state index contributed by atoms with van der Waals surface area (Å²) in [6, 6.07) is 0.777. The Morgan fingerprint density at radius 3 is 2.75 bits per heavy atom. The number of ether oxygens (including phenoxy) is 1. The smallest absolute Gasteiger partial charge is 0.232 e. The van der Waals surface area contributed by atoms with E-state index in [9.17, 15) is 0 Å². The second kappa shape index (κ2) is 7.55. The molecule has 5 nitrogen and oxygen atoms in total. The van der Waals surface area contributed by atoms with Crippen LogP contribution in [-0.4, -0.2) is 47.7 Å². The molecule has 5 heteroatoms. The summed E-state index contributed by atoms with van der Waals surface area (Å²) in [7, 11) is 2.15. The van der Waals surface area contributed by atoms with Gasteiger partial charge in [0.15, 0.2) is 0 Å². The fraction of sp³-hybridized carbons (Fsp3) is 0.733. The van der Waals surface area contributed by atoms with E-state index in [1.165, 1.54) is 12.8 Å². The van der Waals surface area contributed by atoms with Crippen molar-refractivity contribution < 1.29 is 4.74 Å². The van der Waals surface area contributed by atoms with Crippen LogP contribution in [0.4, 0.5) is 0 Å². The van der Waals surface area contributed by atoms with Crippen LogP contribution in [0, 0.1) is 5.92 Å². The number of nitrogens with one attached hydrogen (secondary N) is 1. The van der Waals surface area contributed by atoms with Crippen LogP contribution in [0.3, 0.4) is 0 Å². The average molecular weight is 278 g/mol. The molecule has 112 valence electrons. The van der Waals surface area contributed by atoms with Crippen LogP contribution in [0.25, 0.3) is 0 Å². The highest BCUT2D eigenvalue weighted by atomic mass is 16.5. The lowest BCUT2D eigenvalue weighted by molar-refractivity contribution is 0.225. The van der Waals surface area contributed by atoms with Gasteiger partial charge in [-0.3, -0.25) is 4.98 Å². The van der Waals surface area contributed by atoms with Gasteiger partial charge in [0.25, 0.3) is 0 Å². The Morgan fingerprint density at radius 1 is 1.35 bits per heavy atom. The van der Waals surface area contributed by atoms with Gasteiger partial charge >= 0.3 is 0 Å². The Kier molecular flexibility index (Phi) is 5.73. The van der Waals surface area contributed by atoms with E-state index in [4.69, 9.17) is 4.74 Å². The predicted octanol–water partition coefficient (Wildman–Crippen LogP) is 1.70. The minimum Gasteiger partial charge on any atom is -0.475 e. The molecule has 0 saturated heterocycles. The van der Waals surface area contributed by atoms with Crippen molar-refractivity contribution in [1.29, 1.82) is 0 Å². The van der Waals surface area contributed by atoms with Gasteiger partial charge in [-0.2, -0.15) is 0 Å². The molecular weight excluding hydrogens is 252 g/mol. The first-order chi connectivity index (χ1) is 9.65. The van der Waals surface area contributed by atoms with Crippen molar-refractivity contribution in [2.75, 3.05) is 26.7 Å². The third kappa shape index (κ3) is 5.43. The molecule has 1 aliphatic rings. The van der Waals surface area contributed by atoms with E-state index in [0.717, 1.165) is 31.4 Å². The molecule has 0 unspecified atom stereocenters. The Labute approximate surface area is 121 Å². The zero-order valence-corrected chi connectivity index (χ0v) is 12.8. The first kappa shape index (κ1) is 15.2. The third-order valence-corrected chi connectivity index (χ3v) is 3.40. The van der Waals surface area contributed by atoms with Crippen molar-refractivity contribution in [2.45, 2.75) is 39.3 Å². The van der Waals surface area contributed by atoms with Gasteiger partial charge in [-0.25, -0.2) is 4.98 Å². The van der Waals surface area contributed by atoms with Crippen molar-refractivity contribution in [3.63, 3.8) is 0 Å². The van der Waals surface area contributed by atoms with E-state index in [-0.39, 0.29) is 0 Å². The van der Waals surface area contributed by atoms with Gasteiger partial charge in [0.05, 0.1) is 18.1 Å². The molecule has 20 heavy (non-hydrogen) atoms. The summed E-state index contributed by atoms with van der Waals surface area (Å²) in [5.41, 5.74) is 0.952. The maximum absolute atomic E-state index is 5.62. The molecule has 1 aromatic rings. The number of aromatic nitrogens is 2. The lowest BCUT2D eigenvalue weighted by Gasteiger charge is -2.15. The van der Waals surface area contributed by atoms with Gasteiger partial charge in [0, 0.05) is 19.1 Å². The van der Waals surface area contributed by atoms with E-state index in [1.807, 2.05) is 0 Å². The molecule has 1 saturated carbocycles. The second-order valence-electron chi connectivity index (χ2n) is 5.93. The van der Waals surface area contributed by atoms with Crippen molar-refractivity contribution in [3.8, 4) is 5.88 Å². The first-order valence-corrected chi connectivity index (χ1v) is 7.50. The zero-order valence-electron chi connectivity index (χ0n) is 12.8. The number of hydrogen-bond donors (Lipinski definition) is 1. The van der Waals surface area contributed by atoms with Gasteiger partial charge < -0.3 is 15.0 Å². The van der Waals surface area contributed by atoms with Gasteiger partial charge in [-0.05, 0) is 32.4 Å². The highest BCUT2D eigenvalue weighted by Crippen LogP contribution is 2.24. The summed E-state index contributed by atoms with van der Waals surface area (Å²) in [5, 5.41) is 3.35. The van der Waals surface area contributed by atoms with E-state index in [2.05, 4.69) is 41.1 Å². The molecule has 2 rings (SSSR count). The van der Waals surface area contributed by atoms with Crippen LogP contribution in [-0.2, 0) is 6.54 Å². The molecule has 0 spiro atoms. The van der Waals surface area contributed by atoms with Gasteiger partial charge in [0.1, 0.15) is 6.61 Å². The highest BCUT2D eigenvalue weighted by Gasteiger charge is 2.25. The number of likely N-dealkylation sites (N-methyl/N-ethyl adjacent to an activating group) is 1. The molecule has 1 aliphatic carbocycles. The summed E-state index contributed by atoms with van der Waals surface area (Å²) < 4.78 is 5.62. The van der Waals surface area contributed by atoms with Crippen molar-refractivity contribution in [1.82, 2.24) is 20.2 Å². The van der Waals surface area contributed by atoms with Crippen molar-refractivity contribution in [3.05, 3.63) is 18.1 Å². The van der Waals surface area contributed by atoms with Gasteiger partial charge in [-0.15, -0.1) is 0 Å².